The number of carbonyl (C=O) groups is 3. The predicted molar refractivity (Wildman–Crippen MR) is 140 cm³/mol. The number of carboxylic acid groups (broad SMARTS) is 1. The zero-order chi connectivity index (χ0) is 26.1. The summed E-state index contributed by atoms with van der Waals surface area (Å²) in [4.78, 5) is 39.2. The summed E-state index contributed by atoms with van der Waals surface area (Å²) < 4.78 is 5.37. The van der Waals surface area contributed by atoms with Crippen LogP contribution in [0.15, 0.2) is 96.6 Å². The number of benzene rings is 4. The Bertz CT molecular complexity index is 1570. The lowest BCUT2D eigenvalue weighted by Crippen LogP contribution is -2.29. The Kier molecular flexibility index (Phi) is 6.19. The Morgan fingerprint density at radius 1 is 0.865 bits per heavy atom. The largest absolute Gasteiger partial charge is 0.507 e. The van der Waals surface area contributed by atoms with E-state index >= 15 is 0 Å². The standard InChI is InChI=1S/C30H23NO6/c1-37-24-8-4-7-21(17-24)27-26(28(34)22-12-11-19-5-2-3-6-20(19)16-22)29(35)30(36)31(27)23-13-9-18(10-14-23)15-25(32)33/h2-14,16-17,27,34H,15H2,1H3,(H,32,33)/b28-26-. The monoisotopic (exact) mass is 493 g/mol. The van der Waals surface area contributed by atoms with Crippen molar-refractivity contribution in [3.63, 3.8) is 0 Å². The van der Waals surface area contributed by atoms with Crippen molar-refractivity contribution in [2.24, 2.45) is 0 Å². The van der Waals surface area contributed by atoms with Crippen LogP contribution in [0, 0.1) is 0 Å². The van der Waals surface area contributed by atoms with Gasteiger partial charge >= 0.3 is 5.97 Å². The zero-order valence-corrected chi connectivity index (χ0v) is 19.9. The summed E-state index contributed by atoms with van der Waals surface area (Å²) >= 11 is 0. The van der Waals surface area contributed by atoms with E-state index in [1.54, 1.807) is 60.7 Å². The van der Waals surface area contributed by atoms with Crippen molar-refractivity contribution < 1.29 is 29.3 Å². The van der Waals surface area contributed by atoms with Gasteiger partial charge in [0.25, 0.3) is 11.7 Å². The maximum atomic E-state index is 13.4. The van der Waals surface area contributed by atoms with Crippen LogP contribution in [-0.2, 0) is 20.8 Å². The number of carboxylic acids is 1. The number of methoxy groups -OCH3 is 1. The fourth-order valence-electron chi connectivity index (χ4n) is 4.67. The van der Waals surface area contributed by atoms with Gasteiger partial charge in [0.1, 0.15) is 11.5 Å². The van der Waals surface area contributed by atoms with Gasteiger partial charge in [-0.25, -0.2) is 0 Å². The summed E-state index contributed by atoms with van der Waals surface area (Å²) in [5, 5.41) is 22.4. The molecule has 1 amide bonds. The predicted octanol–water partition coefficient (Wildman–Crippen LogP) is 5.10. The topological polar surface area (TPSA) is 104 Å². The lowest BCUT2D eigenvalue weighted by Gasteiger charge is -2.26. The van der Waals surface area contributed by atoms with Crippen LogP contribution >= 0.6 is 0 Å². The number of nitrogens with zero attached hydrogens (tertiary/aromatic N) is 1. The van der Waals surface area contributed by atoms with Crippen LogP contribution in [0.3, 0.4) is 0 Å². The van der Waals surface area contributed by atoms with Crippen LogP contribution in [0.5, 0.6) is 5.75 Å². The van der Waals surface area contributed by atoms with E-state index in [9.17, 15) is 19.5 Å². The molecule has 0 radical (unpaired) electrons. The van der Waals surface area contributed by atoms with Gasteiger partial charge in [-0.2, -0.15) is 0 Å². The highest BCUT2D eigenvalue weighted by molar-refractivity contribution is 6.51. The van der Waals surface area contributed by atoms with E-state index < -0.39 is 23.7 Å². The van der Waals surface area contributed by atoms with E-state index in [0.717, 1.165) is 10.8 Å². The van der Waals surface area contributed by atoms with Gasteiger partial charge in [-0.15, -0.1) is 0 Å². The summed E-state index contributed by atoms with van der Waals surface area (Å²) in [6, 6.07) is 25.5. The van der Waals surface area contributed by atoms with Crippen molar-refractivity contribution in [2.75, 3.05) is 12.0 Å². The molecule has 7 heteroatoms. The number of amides is 1. The number of hydrogen-bond donors (Lipinski definition) is 2. The van der Waals surface area contributed by atoms with Crippen molar-refractivity contribution in [1.29, 1.82) is 0 Å². The number of carbonyl (C=O) groups excluding carboxylic acids is 2. The van der Waals surface area contributed by atoms with E-state index in [0.29, 0.717) is 28.1 Å². The smallest absolute Gasteiger partial charge is 0.307 e. The molecule has 4 aromatic carbocycles. The zero-order valence-electron chi connectivity index (χ0n) is 19.9. The first kappa shape index (κ1) is 23.8. The molecule has 0 bridgehead atoms. The van der Waals surface area contributed by atoms with Gasteiger partial charge in [-0.1, -0.05) is 60.7 Å². The number of anilines is 1. The van der Waals surface area contributed by atoms with Gasteiger partial charge in [0.05, 0.1) is 25.1 Å². The van der Waals surface area contributed by atoms with Crippen LogP contribution in [0.25, 0.3) is 16.5 Å². The van der Waals surface area contributed by atoms with E-state index in [1.807, 2.05) is 30.3 Å². The van der Waals surface area contributed by atoms with Crippen molar-refractivity contribution >= 4 is 39.9 Å². The van der Waals surface area contributed by atoms with Crippen molar-refractivity contribution in [1.82, 2.24) is 0 Å². The molecule has 0 saturated carbocycles. The highest BCUT2D eigenvalue weighted by Gasteiger charge is 2.47. The second kappa shape index (κ2) is 9.62. The van der Waals surface area contributed by atoms with Crippen molar-refractivity contribution in [2.45, 2.75) is 12.5 Å². The van der Waals surface area contributed by atoms with E-state index in [2.05, 4.69) is 0 Å². The van der Waals surface area contributed by atoms with E-state index in [-0.39, 0.29) is 17.8 Å². The van der Waals surface area contributed by atoms with Crippen LogP contribution in [0.4, 0.5) is 5.69 Å². The Hall–Kier alpha value is -4.91. The van der Waals surface area contributed by atoms with Gasteiger partial charge in [-0.3, -0.25) is 19.3 Å². The van der Waals surface area contributed by atoms with Gasteiger partial charge < -0.3 is 14.9 Å². The van der Waals surface area contributed by atoms with Gasteiger partial charge in [0, 0.05) is 11.3 Å². The molecule has 184 valence electrons. The number of Topliss-reactive ketones (excluding diaryl/α,β-unsaturated/α-hetero) is 1. The van der Waals surface area contributed by atoms with E-state index in [1.165, 1.54) is 12.0 Å². The number of aliphatic hydroxyl groups is 1. The van der Waals surface area contributed by atoms with Crippen molar-refractivity contribution in [3.8, 4) is 5.75 Å². The second-order valence-electron chi connectivity index (χ2n) is 8.74. The third-order valence-electron chi connectivity index (χ3n) is 6.45. The average Bonchev–Trinajstić information content (AvgIpc) is 3.18. The molecule has 1 atom stereocenters. The molecule has 1 aliphatic rings. The fourth-order valence-corrected chi connectivity index (χ4v) is 4.67. The molecule has 1 unspecified atom stereocenters. The first-order valence-corrected chi connectivity index (χ1v) is 11.6. The highest BCUT2D eigenvalue weighted by Crippen LogP contribution is 2.43. The highest BCUT2D eigenvalue weighted by atomic mass is 16.5. The normalized spacial score (nSPS) is 16.8. The molecule has 0 aromatic heterocycles. The summed E-state index contributed by atoms with van der Waals surface area (Å²) in [7, 11) is 1.52. The molecule has 0 aliphatic carbocycles. The van der Waals surface area contributed by atoms with Crippen LogP contribution in [0.1, 0.15) is 22.7 Å². The minimum atomic E-state index is -0.972. The van der Waals surface area contributed by atoms with Crippen LogP contribution in [0.2, 0.25) is 0 Å². The number of hydrogen-bond acceptors (Lipinski definition) is 5. The lowest BCUT2D eigenvalue weighted by molar-refractivity contribution is -0.136. The minimum Gasteiger partial charge on any atom is -0.507 e. The van der Waals surface area contributed by atoms with Crippen molar-refractivity contribution in [3.05, 3.63) is 113 Å². The van der Waals surface area contributed by atoms with Crippen LogP contribution < -0.4 is 9.64 Å². The minimum absolute atomic E-state index is 0.0388. The first-order valence-electron chi connectivity index (χ1n) is 11.6. The average molecular weight is 494 g/mol. The fraction of sp³-hybridized carbons (Fsp3) is 0.100. The van der Waals surface area contributed by atoms with Gasteiger partial charge in [0.2, 0.25) is 0 Å². The molecule has 7 nitrogen and oxygen atoms in total. The van der Waals surface area contributed by atoms with E-state index in [4.69, 9.17) is 9.84 Å². The maximum absolute atomic E-state index is 13.4. The number of ether oxygens (including phenoxy) is 1. The molecular weight excluding hydrogens is 470 g/mol. The third kappa shape index (κ3) is 4.43. The third-order valence-corrected chi connectivity index (χ3v) is 6.45. The molecule has 1 saturated heterocycles. The van der Waals surface area contributed by atoms with Gasteiger partial charge in [0.15, 0.2) is 0 Å². The summed E-state index contributed by atoms with van der Waals surface area (Å²) in [6.45, 7) is 0. The molecule has 2 N–H and O–H groups in total. The molecular formula is C30H23NO6. The molecule has 5 rings (SSSR count). The molecule has 37 heavy (non-hydrogen) atoms. The molecule has 1 fully saturated rings. The molecule has 0 spiro atoms. The SMILES string of the molecule is COc1cccc(C2/C(=C(/O)c3ccc4ccccc4c3)C(=O)C(=O)N2c2ccc(CC(=O)O)cc2)c1. The number of aliphatic hydroxyl groups excluding tert-OH is 1. The number of ketones is 1. The molecule has 1 heterocycles. The summed E-state index contributed by atoms with van der Waals surface area (Å²) in [6.07, 6.45) is -0.166. The Balaban J connectivity index is 1.68. The molecule has 4 aromatic rings. The number of aliphatic carboxylic acids is 1. The summed E-state index contributed by atoms with van der Waals surface area (Å²) in [5.74, 6) is -2.32. The number of rotatable bonds is 6. The molecule has 1 aliphatic heterocycles. The summed E-state index contributed by atoms with van der Waals surface area (Å²) in [5.41, 5.74) is 1.92. The Labute approximate surface area is 212 Å². The maximum Gasteiger partial charge on any atom is 0.307 e. The van der Waals surface area contributed by atoms with Gasteiger partial charge in [-0.05, 0) is 52.2 Å². The lowest BCUT2D eigenvalue weighted by atomic mass is 9.94. The number of fused-ring (bicyclic) bond motifs is 1. The Morgan fingerprint density at radius 2 is 1.59 bits per heavy atom. The second-order valence-corrected chi connectivity index (χ2v) is 8.74. The van der Waals surface area contributed by atoms with Crippen LogP contribution in [-0.4, -0.2) is 35.0 Å². The first-order chi connectivity index (χ1) is 17.9. The Morgan fingerprint density at radius 3 is 2.30 bits per heavy atom. The quantitative estimate of drug-likeness (QED) is 0.220.